The van der Waals surface area contributed by atoms with Gasteiger partial charge in [-0.2, -0.15) is 0 Å². The number of likely N-dealkylation sites (N-methyl/N-ethyl adjacent to an activating group) is 1. The second kappa shape index (κ2) is 4.56. The molecule has 0 aliphatic carbocycles. The first-order valence-electron chi connectivity index (χ1n) is 4.41. The Morgan fingerprint density at radius 1 is 1.36 bits per heavy atom. The minimum atomic E-state index is 0.0619. The van der Waals surface area contributed by atoms with Crippen LogP contribution in [0.4, 0.5) is 0 Å². The summed E-state index contributed by atoms with van der Waals surface area (Å²) < 4.78 is 0. The molecule has 1 heterocycles. The van der Waals surface area contributed by atoms with Gasteiger partial charge in [-0.3, -0.25) is 9.78 Å². The van der Waals surface area contributed by atoms with Crippen LogP contribution in [0.5, 0.6) is 0 Å². The van der Waals surface area contributed by atoms with Gasteiger partial charge in [0.15, 0.2) is 5.78 Å². The fourth-order valence-electron chi connectivity index (χ4n) is 1.16. The molecule has 1 rings (SSSR count). The van der Waals surface area contributed by atoms with Crippen molar-refractivity contribution in [2.75, 3.05) is 14.1 Å². The van der Waals surface area contributed by atoms with Crippen molar-refractivity contribution in [3.8, 4) is 0 Å². The predicted octanol–water partition coefficient (Wildman–Crippen LogP) is 1.57. The molecule has 1 aromatic rings. The lowest BCUT2D eigenvalue weighted by Gasteiger charge is -2.14. The summed E-state index contributed by atoms with van der Waals surface area (Å²) in [5, 5.41) is 0. The Labute approximate surface area is 84.1 Å². The zero-order valence-electron chi connectivity index (χ0n) is 8.69. The summed E-state index contributed by atoms with van der Waals surface area (Å²) in [7, 11) is 3.71. The minimum absolute atomic E-state index is 0.0619. The molecule has 0 bridgehead atoms. The molecule has 0 spiro atoms. The summed E-state index contributed by atoms with van der Waals surface area (Å²) in [6.07, 6.45) is 5.27. The molecule has 0 radical (unpaired) electrons. The van der Waals surface area contributed by atoms with Gasteiger partial charge in [-0.25, -0.2) is 0 Å². The van der Waals surface area contributed by atoms with E-state index in [-0.39, 0.29) is 5.78 Å². The van der Waals surface area contributed by atoms with Crippen molar-refractivity contribution < 1.29 is 4.79 Å². The van der Waals surface area contributed by atoms with Gasteiger partial charge in [0.05, 0.1) is 5.70 Å². The van der Waals surface area contributed by atoms with Crippen LogP contribution < -0.4 is 0 Å². The summed E-state index contributed by atoms with van der Waals surface area (Å²) in [5.41, 5.74) is 1.68. The quantitative estimate of drug-likeness (QED) is 0.678. The first-order valence-corrected chi connectivity index (χ1v) is 4.41. The maximum absolute atomic E-state index is 11.3. The topological polar surface area (TPSA) is 33.2 Å². The lowest BCUT2D eigenvalue weighted by Crippen LogP contribution is -2.16. The molecule has 0 saturated carbocycles. The van der Waals surface area contributed by atoms with Gasteiger partial charge in [-0.05, 0) is 23.8 Å². The fourth-order valence-corrected chi connectivity index (χ4v) is 1.16. The largest absolute Gasteiger partial charge is 0.375 e. The Bertz CT molecular complexity index is 342. The standard InChI is InChI=1S/C11H14N2O/c1-9(14)11(13(2)3)8-10-4-6-12-7-5-10/h4-8H,1-3H3/b11-8+. The van der Waals surface area contributed by atoms with E-state index in [4.69, 9.17) is 0 Å². The van der Waals surface area contributed by atoms with E-state index in [1.807, 2.05) is 37.2 Å². The Hall–Kier alpha value is -1.64. The van der Waals surface area contributed by atoms with E-state index in [1.54, 1.807) is 19.3 Å². The van der Waals surface area contributed by atoms with Crippen LogP contribution in [0.1, 0.15) is 12.5 Å². The maximum atomic E-state index is 11.3. The second-order valence-electron chi connectivity index (χ2n) is 3.26. The van der Waals surface area contributed by atoms with Crippen molar-refractivity contribution in [2.45, 2.75) is 6.92 Å². The highest BCUT2D eigenvalue weighted by molar-refractivity contribution is 5.96. The van der Waals surface area contributed by atoms with Gasteiger partial charge in [0.25, 0.3) is 0 Å². The number of hydrogen-bond donors (Lipinski definition) is 0. The van der Waals surface area contributed by atoms with Gasteiger partial charge in [0, 0.05) is 33.4 Å². The fraction of sp³-hybridized carbons (Fsp3) is 0.273. The van der Waals surface area contributed by atoms with E-state index < -0.39 is 0 Å². The molecule has 0 amide bonds. The first kappa shape index (κ1) is 10.4. The summed E-state index contributed by atoms with van der Waals surface area (Å²) >= 11 is 0. The summed E-state index contributed by atoms with van der Waals surface area (Å²) in [6.45, 7) is 1.56. The van der Waals surface area contributed by atoms with Crippen LogP contribution in [0, 0.1) is 0 Å². The average molecular weight is 190 g/mol. The van der Waals surface area contributed by atoms with Crippen LogP contribution in [-0.2, 0) is 4.79 Å². The van der Waals surface area contributed by atoms with Gasteiger partial charge < -0.3 is 4.90 Å². The van der Waals surface area contributed by atoms with Gasteiger partial charge in [-0.1, -0.05) is 0 Å². The molecule has 0 aliphatic heterocycles. The van der Waals surface area contributed by atoms with E-state index in [9.17, 15) is 4.79 Å². The molecule has 0 aliphatic rings. The van der Waals surface area contributed by atoms with E-state index in [1.165, 1.54) is 0 Å². The summed E-state index contributed by atoms with van der Waals surface area (Å²) in [4.78, 5) is 17.0. The van der Waals surface area contributed by atoms with Crippen molar-refractivity contribution in [3.05, 3.63) is 35.8 Å². The first-order chi connectivity index (χ1) is 6.61. The Kier molecular flexibility index (Phi) is 3.40. The normalized spacial score (nSPS) is 11.2. The lowest BCUT2D eigenvalue weighted by molar-refractivity contribution is -0.114. The number of ketones is 1. The van der Waals surface area contributed by atoms with Crippen LogP contribution in [0.2, 0.25) is 0 Å². The smallest absolute Gasteiger partial charge is 0.175 e. The molecule has 0 aromatic carbocycles. The highest BCUT2D eigenvalue weighted by atomic mass is 16.1. The Morgan fingerprint density at radius 3 is 2.36 bits per heavy atom. The third kappa shape index (κ3) is 2.69. The highest BCUT2D eigenvalue weighted by Gasteiger charge is 2.05. The number of pyridine rings is 1. The van der Waals surface area contributed by atoms with Crippen molar-refractivity contribution in [2.24, 2.45) is 0 Å². The van der Waals surface area contributed by atoms with Gasteiger partial charge >= 0.3 is 0 Å². The Balaban J connectivity index is 3.00. The molecule has 0 N–H and O–H groups in total. The molecule has 3 nitrogen and oxygen atoms in total. The number of aromatic nitrogens is 1. The average Bonchev–Trinajstić information content (AvgIpc) is 2.15. The molecule has 0 saturated heterocycles. The summed E-state index contributed by atoms with van der Waals surface area (Å²) in [6, 6.07) is 3.74. The van der Waals surface area contributed by atoms with Crippen molar-refractivity contribution in [3.63, 3.8) is 0 Å². The lowest BCUT2D eigenvalue weighted by atomic mass is 10.2. The predicted molar refractivity (Wildman–Crippen MR) is 56.6 cm³/mol. The number of Topliss-reactive ketones (excluding diaryl/α,β-unsaturated/α-hetero) is 1. The number of carbonyl (C=O) groups is 1. The Morgan fingerprint density at radius 2 is 1.93 bits per heavy atom. The molecule has 0 atom stereocenters. The van der Waals surface area contributed by atoms with Crippen LogP contribution in [0.3, 0.4) is 0 Å². The van der Waals surface area contributed by atoms with Crippen molar-refractivity contribution in [1.82, 2.24) is 9.88 Å². The molecule has 14 heavy (non-hydrogen) atoms. The van der Waals surface area contributed by atoms with Crippen molar-refractivity contribution in [1.29, 1.82) is 0 Å². The molecule has 0 fully saturated rings. The summed E-state index contributed by atoms with van der Waals surface area (Å²) in [5.74, 6) is 0.0619. The third-order valence-corrected chi connectivity index (χ3v) is 1.85. The van der Waals surface area contributed by atoms with E-state index in [0.717, 1.165) is 5.56 Å². The molecule has 0 unspecified atom stereocenters. The SMILES string of the molecule is CC(=O)/C(=C\c1ccncc1)N(C)C. The highest BCUT2D eigenvalue weighted by Crippen LogP contribution is 2.08. The van der Waals surface area contributed by atoms with Gasteiger partial charge in [-0.15, -0.1) is 0 Å². The number of nitrogens with zero attached hydrogens (tertiary/aromatic N) is 2. The molecule has 3 heteroatoms. The number of hydrogen-bond acceptors (Lipinski definition) is 3. The van der Waals surface area contributed by atoms with Crippen LogP contribution in [0.15, 0.2) is 30.2 Å². The zero-order chi connectivity index (χ0) is 10.6. The van der Waals surface area contributed by atoms with E-state index in [0.29, 0.717) is 5.70 Å². The maximum Gasteiger partial charge on any atom is 0.175 e. The van der Waals surface area contributed by atoms with Gasteiger partial charge in [0.1, 0.15) is 0 Å². The van der Waals surface area contributed by atoms with Crippen LogP contribution in [-0.4, -0.2) is 29.8 Å². The van der Waals surface area contributed by atoms with E-state index in [2.05, 4.69) is 4.98 Å². The van der Waals surface area contributed by atoms with E-state index >= 15 is 0 Å². The molecular formula is C11H14N2O. The van der Waals surface area contributed by atoms with Crippen LogP contribution in [0.25, 0.3) is 6.08 Å². The van der Waals surface area contributed by atoms with Crippen molar-refractivity contribution >= 4 is 11.9 Å². The zero-order valence-corrected chi connectivity index (χ0v) is 8.69. The number of carbonyl (C=O) groups excluding carboxylic acids is 1. The number of allylic oxidation sites excluding steroid dienone is 1. The minimum Gasteiger partial charge on any atom is -0.375 e. The molecular weight excluding hydrogens is 176 g/mol. The third-order valence-electron chi connectivity index (χ3n) is 1.85. The van der Waals surface area contributed by atoms with Gasteiger partial charge in [0.2, 0.25) is 0 Å². The molecule has 1 aromatic heterocycles. The second-order valence-corrected chi connectivity index (χ2v) is 3.26. The molecule has 74 valence electrons. The number of rotatable bonds is 3. The monoisotopic (exact) mass is 190 g/mol. The van der Waals surface area contributed by atoms with Crippen LogP contribution >= 0.6 is 0 Å².